The maximum atomic E-state index is 12.1. The number of carbonyl (C=O) groups is 1. The molecule has 1 aliphatic heterocycles. The average Bonchev–Trinajstić information content (AvgIpc) is 3.06. The number of nitrogens with zero attached hydrogens (tertiary/aromatic N) is 1. The van der Waals surface area contributed by atoms with Gasteiger partial charge in [0, 0.05) is 12.1 Å². The zero-order valence-corrected chi connectivity index (χ0v) is 14.2. The fraction of sp³-hybridized carbons (Fsp3) is 0.158. The molecule has 0 aliphatic carbocycles. The third-order valence-electron chi connectivity index (χ3n) is 3.78. The number of ether oxygens (including phenoxy) is 2. The predicted octanol–water partition coefficient (Wildman–Crippen LogP) is 3.71. The molecule has 1 aliphatic rings. The first-order valence-electron chi connectivity index (χ1n) is 7.97. The van der Waals surface area contributed by atoms with E-state index >= 15 is 0 Å². The monoisotopic (exact) mass is 352 g/mol. The lowest BCUT2D eigenvalue weighted by atomic mass is 10.1. The Morgan fingerprint density at radius 1 is 1.12 bits per heavy atom. The lowest BCUT2D eigenvalue weighted by Crippen LogP contribution is -2.21. The number of anilines is 1. The van der Waals surface area contributed by atoms with Gasteiger partial charge in [0.05, 0.1) is 15.2 Å². The third kappa shape index (κ3) is 3.64. The largest absolute Gasteiger partial charge is 0.494 e. The van der Waals surface area contributed by atoms with Crippen LogP contribution in [0, 0.1) is 0 Å². The molecule has 0 bridgehead atoms. The summed E-state index contributed by atoms with van der Waals surface area (Å²) in [7, 11) is 0. The van der Waals surface area contributed by atoms with E-state index in [1.165, 1.54) is 11.0 Å². The third-order valence-corrected chi connectivity index (χ3v) is 4.81. The van der Waals surface area contributed by atoms with Crippen LogP contribution in [0.4, 0.5) is 5.69 Å². The van der Waals surface area contributed by atoms with Crippen LogP contribution < -0.4 is 5.32 Å². The summed E-state index contributed by atoms with van der Waals surface area (Å²) in [5, 5.41) is 3.88. The van der Waals surface area contributed by atoms with E-state index in [-0.39, 0.29) is 11.7 Å². The zero-order valence-electron chi connectivity index (χ0n) is 13.4. The van der Waals surface area contributed by atoms with Gasteiger partial charge in [-0.05, 0) is 29.8 Å². The van der Waals surface area contributed by atoms with Crippen LogP contribution in [0.25, 0.3) is 10.2 Å². The van der Waals surface area contributed by atoms with Crippen LogP contribution in [-0.4, -0.2) is 24.1 Å². The summed E-state index contributed by atoms with van der Waals surface area (Å²) in [4.78, 5) is 16.7. The van der Waals surface area contributed by atoms with E-state index in [9.17, 15) is 4.79 Å². The summed E-state index contributed by atoms with van der Waals surface area (Å²) < 4.78 is 11.6. The summed E-state index contributed by atoms with van der Waals surface area (Å²) in [5.74, 6) is -0.108. The van der Waals surface area contributed by atoms with Crippen molar-refractivity contribution in [1.29, 1.82) is 0 Å². The fourth-order valence-corrected chi connectivity index (χ4v) is 3.56. The molecule has 1 amide bonds. The summed E-state index contributed by atoms with van der Waals surface area (Å²) in [5.41, 5.74) is 2.90. The Bertz CT molecular complexity index is 898. The van der Waals surface area contributed by atoms with Gasteiger partial charge in [-0.25, -0.2) is 4.98 Å². The molecule has 0 spiro atoms. The molecule has 0 fully saturated rings. The first-order chi connectivity index (χ1) is 12.3. The maximum Gasteiger partial charge on any atom is 0.294 e. The molecule has 2 aromatic carbocycles. The van der Waals surface area contributed by atoms with Gasteiger partial charge in [-0.15, -0.1) is 11.3 Å². The van der Waals surface area contributed by atoms with Gasteiger partial charge < -0.3 is 14.8 Å². The van der Waals surface area contributed by atoms with Crippen LogP contribution in [-0.2, 0) is 20.7 Å². The highest BCUT2D eigenvalue weighted by molar-refractivity contribution is 7.18. The van der Waals surface area contributed by atoms with E-state index in [4.69, 9.17) is 9.47 Å². The Morgan fingerprint density at radius 3 is 2.72 bits per heavy atom. The molecule has 126 valence electrons. The molecular weight excluding hydrogens is 336 g/mol. The van der Waals surface area contributed by atoms with Crippen LogP contribution in [0.1, 0.15) is 10.6 Å². The topological polar surface area (TPSA) is 60.5 Å². The number of rotatable bonds is 4. The molecular formula is C19H16N2O3S. The number of fused-ring (bicyclic) bond motifs is 1. The first-order valence-corrected chi connectivity index (χ1v) is 8.79. The van der Waals surface area contributed by atoms with Crippen LogP contribution in [0.15, 0.2) is 60.6 Å². The number of amides is 1. The van der Waals surface area contributed by atoms with Crippen molar-refractivity contribution in [3.63, 3.8) is 0 Å². The van der Waals surface area contributed by atoms with Crippen molar-refractivity contribution in [2.75, 3.05) is 18.5 Å². The predicted molar refractivity (Wildman–Crippen MR) is 97.5 cm³/mol. The van der Waals surface area contributed by atoms with Gasteiger partial charge in [-0.2, -0.15) is 0 Å². The molecule has 0 atom stereocenters. The van der Waals surface area contributed by atoms with Gasteiger partial charge in [-0.3, -0.25) is 4.79 Å². The minimum atomic E-state index is -0.307. The summed E-state index contributed by atoms with van der Waals surface area (Å²) in [6, 6.07) is 15.9. The summed E-state index contributed by atoms with van der Waals surface area (Å²) in [6.45, 7) is 0.859. The number of hydrogen-bond acceptors (Lipinski definition) is 5. The van der Waals surface area contributed by atoms with Crippen molar-refractivity contribution in [1.82, 2.24) is 4.98 Å². The minimum Gasteiger partial charge on any atom is -0.494 e. The highest BCUT2D eigenvalue weighted by Gasteiger charge is 2.15. The number of aromatic nitrogens is 1. The molecule has 3 aromatic rings. The molecule has 2 heterocycles. The molecule has 0 radical (unpaired) electrons. The normalized spacial score (nSPS) is 13.7. The number of nitrogens with one attached hydrogen (secondary N) is 1. The van der Waals surface area contributed by atoms with Crippen molar-refractivity contribution < 1.29 is 14.3 Å². The molecule has 5 nitrogen and oxygen atoms in total. The lowest BCUT2D eigenvalue weighted by Gasteiger charge is -2.15. The van der Waals surface area contributed by atoms with E-state index in [0.717, 1.165) is 22.5 Å². The number of hydrogen-bond donors (Lipinski definition) is 1. The lowest BCUT2D eigenvalue weighted by molar-refractivity contribution is -0.117. The highest BCUT2D eigenvalue weighted by Crippen LogP contribution is 2.24. The second kappa shape index (κ2) is 6.94. The second-order valence-electron chi connectivity index (χ2n) is 5.60. The van der Waals surface area contributed by atoms with E-state index in [0.29, 0.717) is 18.9 Å². The quantitative estimate of drug-likeness (QED) is 0.777. The summed E-state index contributed by atoms with van der Waals surface area (Å²) >= 11 is 1.71. The SMILES string of the molecule is O=C(Nc1ccc(Cc2nc3ccccc3s2)cc1)C1=COCCO1. The Balaban J connectivity index is 1.42. The molecule has 6 heteroatoms. The number of thiazole rings is 1. The van der Waals surface area contributed by atoms with E-state index in [2.05, 4.69) is 16.4 Å². The van der Waals surface area contributed by atoms with Crippen LogP contribution >= 0.6 is 11.3 Å². The molecule has 1 aromatic heterocycles. The molecule has 0 unspecified atom stereocenters. The zero-order chi connectivity index (χ0) is 17.1. The van der Waals surface area contributed by atoms with Crippen LogP contribution in [0.5, 0.6) is 0 Å². The van der Waals surface area contributed by atoms with Crippen LogP contribution in [0.2, 0.25) is 0 Å². The Hall–Kier alpha value is -2.86. The van der Waals surface area contributed by atoms with E-state index in [1.54, 1.807) is 11.3 Å². The summed E-state index contributed by atoms with van der Waals surface area (Å²) in [6.07, 6.45) is 2.12. The number of benzene rings is 2. The molecule has 0 saturated heterocycles. The minimum absolute atomic E-state index is 0.199. The van der Waals surface area contributed by atoms with Crippen molar-refractivity contribution in [3.05, 3.63) is 71.1 Å². The Kier molecular flexibility index (Phi) is 4.35. The molecule has 0 saturated carbocycles. The molecule has 1 N–H and O–H groups in total. The van der Waals surface area contributed by atoms with Gasteiger partial charge in [0.15, 0.2) is 0 Å². The van der Waals surface area contributed by atoms with Crippen molar-refractivity contribution in [2.24, 2.45) is 0 Å². The Morgan fingerprint density at radius 2 is 1.96 bits per heavy atom. The highest BCUT2D eigenvalue weighted by atomic mass is 32.1. The van der Waals surface area contributed by atoms with Gasteiger partial charge in [0.1, 0.15) is 19.5 Å². The standard InChI is InChI=1S/C19H16N2O3S/c22-19(16-12-23-9-10-24-16)20-14-7-5-13(6-8-14)11-18-21-15-3-1-2-4-17(15)25-18/h1-8,12H,9-11H2,(H,20,22). The second-order valence-corrected chi connectivity index (χ2v) is 6.72. The maximum absolute atomic E-state index is 12.1. The van der Waals surface area contributed by atoms with E-state index in [1.807, 2.05) is 42.5 Å². The smallest absolute Gasteiger partial charge is 0.294 e. The first kappa shape index (κ1) is 15.7. The van der Waals surface area contributed by atoms with Crippen molar-refractivity contribution in [2.45, 2.75) is 6.42 Å². The number of carbonyl (C=O) groups excluding carboxylic acids is 1. The molecule has 4 rings (SSSR count). The van der Waals surface area contributed by atoms with E-state index < -0.39 is 0 Å². The van der Waals surface area contributed by atoms with Crippen LogP contribution in [0.3, 0.4) is 0 Å². The fourth-order valence-electron chi connectivity index (χ4n) is 2.56. The van der Waals surface area contributed by atoms with Crippen molar-refractivity contribution in [3.8, 4) is 0 Å². The van der Waals surface area contributed by atoms with Gasteiger partial charge in [0.2, 0.25) is 5.76 Å². The number of para-hydroxylation sites is 1. The Labute approximate surface area is 148 Å². The van der Waals surface area contributed by atoms with Gasteiger partial charge >= 0.3 is 0 Å². The van der Waals surface area contributed by atoms with Crippen molar-refractivity contribution >= 4 is 33.1 Å². The average molecular weight is 352 g/mol. The van der Waals surface area contributed by atoms with Gasteiger partial charge in [-0.1, -0.05) is 24.3 Å². The van der Waals surface area contributed by atoms with Gasteiger partial charge in [0.25, 0.3) is 5.91 Å². The molecule has 25 heavy (non-hydrogen) atoms.